The number of hydrogen-bond acceptors (Lipinski definition) is 5. The third-order valence-electron chi connectivity index (χ3n) is 4.95. The Hall–Kier alpha value is -2.54. The number of hydrogen-bond donors (Lipinski definition) is 2. The van der Waals surface area contributed by atoms with Crippen LogP contribution in [0.15, 0.2) is 35.3 Å². The summed E-state index contributed by atoms with van der Waals surface area (Å²) in [4.78, 5) is 28.8. The summed E-state index contributed by atoms with van der Waals surface area (Å²) < 4.78 is 1.19. The second-order valence-electron chi connectivity index (χ2n) is 6.99. The van der Waals surface area contributed by atoms with Crippen LogP contribution in [0.3, 0.4) is 0 Å². The summed E-state index contributed by atoms with van der Waals surface area (Å²) in [6.45, 7) is 3.51. The number of rotatable bonds is 6. The average molecular weight is 356 g/mol. The van der Waals surface area contributed by atoms with Gasteiger partial charge in [-0.3, -0.25) is 14.6 Å². The summed E-state index contributed by atoms with van der Waals surface area (Å²) in [7, 11) is 0. The van der Waals surface area contributed by atoms with Gasteiger partial charge in [0.1, 0.15) is 6.54 Å². The van der Waals surface area contributed by atoms with Gasteiger partial charge in [-0.2, -0.15) is 5.10 Å². The topological polar surface area (TPSA) is 97.1 Å². The Labute approximate surface area is 152 Å². The third kappa shape index (κ3) is 4.35. The zero-order chi connectivity index (χ0) is 18.7. The molecule has 2 aromatic heterocycles. The monoisotopic (exact) mass is 356 g/mol. The molecule has 0 spiro atoms. The SMILES string of the molecule is Cc1cc(=O)n(CC(=O)N[C@@H](Cc2ccccn2)C2CC(O)C2)nc1C. The van der Waals surface area contributed by atoms with Crippen molar-refractivity contribution >= 4 is 5.91 Å². The van der Waals surface area contributed by atoms with Gasteiger partial charge in [-0.15, -0.1) is 0 Å². The Morgan fingerprint density at radius 1 is 1.38 bits per heavy atom. The van der Waals surface area contributed by atoms with Gasteiger partial charge in [-0.25, -0.2) is 4.68 Å². The van der Waals surface area contributed by atoms with E-state index in [1.807, 2.05) is 32.0 Å². The minimum atomic E-state index is -0.299. The smallest absolute Gasteiger partial charge is 0.267 e. The number of nitrogens with one attached hydrogen (secondary N) is 1. The van der Waals surface area contributed by atoms with Crippen LogP contribution in [0.25, 0.3) is 0 Å². The van der Waals surface area contributed by atoms with Crippen molar-refractivity contribution in [3.63, 3.8) is 0 Å². The first-order valence-corrected chi connectivity index (χ1v) is 8.85. The van der Waals surface area contributed by atoms with Crippen LogP contribution in [0.2, 0.25) is 0 Å². The molecule has 3 rings (SSSR count). The van der Waals surface area contributed by atoms with Gasteiger partial charge in [0.15, 0.2) is 0 Å². The molecule has 0 saturated heterocycles. The highest BCUT2D eigenvalue weighted by molar-refractivity contribution is 5.76. The standard InChI is InChI=1S/C19H24N4O3/c1-12-7-19(26)23(22-13(12)2)11-18(25)21-17(14-8-16(24)9-14)10-15-5-3-4-6-20-15/h3-7,14,16-17,24H,8-11H2,1-2H3,(H,21,25)/t14?,16?,17-/m0/s1. The van der Waals surface area contributed by atoms with Crippen molar-refractivity contribution in [3.8, 4) is 0 Å². The molecule has 2 N–H and O–H groups in total. The van der Waals surface area contributed by atoms with Crippen LogP contribution < -0.4 is 10.9 Å². The van der Waals surface area contributed by atoms with E-state index < -0.39 is 0 Å². The number of pyridine rings is 1. The van der Waals surface area contributed by atoms with E-state index in [1.54, 1.807) is 6.20 Å². The Balaban J connectivity index is 1.69. The van der Waals surface area contributed by atoms with Gasteiger partial charge < -0.3 is 10.4 Å². The third-order valence-corrected chi connectivity index (χ3v) is 4.95. The number of amides is 1. The van der Waals surface area contributed by atoms with Crippen LogP contribution in [0.4, 0.5) is 0 Å². The molecule has 2 heterocycles. The van der Waals surface area contributed by atoms with Gasteiger partial charge in [0.05, 0.1) is 11.8 Å². The molecule has 0 aliphatic heterocycles. The molecular weight excluding hydrogens is 332 g/mol. The number of nitrogens with zero attached hydrogens (tertiary/aromatic N) is 3. The minimum absolute atomic E-state index is 0.117. The molecule has 7 heteroatoms. The highest BCUT2D eigenvalue weighted by atomic mass is 16.3. The quantitative estimate of drug-likeness (QED) is 0.796. The van der Waals surface area contributed by atoms with Crippen LogP contribution >= 0.6 is 0 Å². The lowest BCUT2D eigenvalue weighted by Gasteiger charge is -2.38. The number of aryl methyl sites for hydroxylation is 2. The summed E-state index contributed by atoms with van der Waals surface area (Å²) in [5, 5.41) is 16.8. The summed E-state index contributed by atoms with van der Waals surface area (Å²) in [5.41, 5.74) is 2.14. The largest absolute Gasteiger partial charge is 0.393 e. The molecule has 2 aromatic rings. The molecular formula is C19H24N4O3. The maximum Gasteiger partial charge on any atom is 0.267 e. The van der Waals surface area contributed by atoms with Gasteiger partial charge in [0.2, 0.25) is 5.91 Å². The van der Waals surface area contributed by atoms with Crippen LogP contribution in [0.1, 0.15) is 29.8 Å². The van der Waals surface area contributed by atoms with Crippen LogP contribution in [-0.4, -0.2) is 37.9 Å². The number of carbonyl (C=O) groups excluding carboxylic acids is 1. The van der Waals surface area contributed by atoms with Crippen LogP contribution in [-0.2, 0) is 17.8 Å². The molecule has 1 amide bonds. The molecule has 1 aliphatic rings. The Morgan fingerprint density at radius 2 is 2.15 bits per heavy atom. The molecule has 0 radical (unpaired) electrons. The fourth-order valence-electron chi connectivity index (χ4n) is 3.21. The van der Waals surface area contributed by atoms with E-state index in [4.69, 9.17) is 0 Å². The summed E-state index contributed by atoms with van der Waals surface area (Å²) in [6, 6.07) is 7.05. The fraction of sp³-hybridized carbons (Fsp3) is 0.474. The molecule has 1 fully saturated rings. The predicted octanol–water partition coefficient (Wildman–Crippen LogP) is 0.754. The Morgan fingerprint density at radius 3 is 2.81 bits per heavy atom. The zero-order valence-corrected chi connectivity index (χ0v) is 15.1. The highest BCUT2D eigenvalue weighted by Gasteiger charge is 2.35. The molecule has 0 unspecified atom stereocenters. The van der Waals surface area contributed by atoms with E-state index in [0.29, 0.717) is 19.3 Å². The first kappa shape index (κ1) is 18.3. The minimum Gasteiger partial charge on any atom is -0.393 e. The fourth-order valence-corrected chi connectivity index (χ4v) is 3.21. The van der Waals surface area contributed by atoms with Crippen LogP contribution in [0, 0.1) is 19.8 Å². The van der Waals surface area contributed by atoms with Gasteiger partial charge >= 0.3 is 0 Å². The number of aliphatic hydroxyl groups excluding tert-OH is 1. The number of carbonyl (C=O) groups is 1. The number of aromatic nitrogens is 3. The Kier molecular flexibility index (Phi) is 5.46. The van der Waals surface area contributed by atoms with Crippen LogP contribution in [0.5, 0.6) is 0 Å². The molecule has 1 saturated carbocycles. The lowest BCUT2D eigenvalue weighted by molar-refractivity contribution is -0.123. The molecule has 26 heavy (non-hydrogen) atoms. The maximum atomic E-state index is 12.5. The molecule has 1 aliphatic carbocycles. The van der Waals surface area contributed by atoms with E-state index in [0.717, 1.165) is 17.0 Å². The van der Waals surface area contributed by atoms with Gasteiger partial charge in [0.25, 0.3) is 5.56 Å². The van der Waals surface area contributed by atoms with Gasteiger partial charge in [-0.05, 0) is 50.3 Å². The highest BCUT2D eigenvalue weighted by Crippen LogP contribution is 2.31. The van der Waals surface area contributed by atoms with Crippen molar-refractivity contribution in [1.29, 1.82) is 0 Å². The van der Waals surface area contributed by atoms with Crippen molar-refractivity contribution in [2.45, 2.75) is 51.8 Å². The molecule has 0 aromatic carbocycles. The first-order valence-electron chi connectivity index (χ1n) is 8.85. The zero-order valence-electron chi connectivity index (χ0n) is 15.1. The maximum absolute atomic E-state index is 12.5. The van der Waals surface area contributed by atoms with E-state index in [9.17, 15) is 14.7 Å². The number of aliphatic hydroxyl groups is 1. The van der Waals surface area contributed by atoms with E-state index in [-0.39, 0.29) is 36.1 Å². The molecule has 7 nitrogen and oxygen atoms in total. The van der Waals surface area contributed by atoms with Gasteiger partial charge in [0, 0.05) is 30.4 Å². The van der Waals surface area contributed by atoms with Gasteiger partial charge in [-0.1, -0.05) is 6.07 Å². The van der Waals surface area contributed by atoms with Crippen molar-refractivity contribution in [2.24, 2.45) is 5.92 Å². The normalized spacial score (nSPS) is 20.3. The van der Waals surface area contributed by atoms with Crippen molar-refractivity contribution < 1.29 is 9.90 Å². The van der Waals surface area contributed by atoms with Crippen molar-refractivity contribution in [2.75, 3.05) is 0 Å². The van der Waals surface area contributed by atoms with Crippen molar-refractivity contribution in [1.82, 2.24) is 20.1 Å². The summed E-state index contributed by atoms with van der Waals surface area (Å²) in [6.07, 6.45) is 3.35. The van der Waals surface area contributed by atoms with E-state index in [1.165, 1.54) is 10.7 Å². The first-order chi connectivity index (χ1) is 12.4. The average Bonchev–Trinajstić information content (AvgIpc) is 2.57. The summed E-state index contributed by atoms with van der Waals surface area (Å²) >= 11 is 0. The van der Waals surface area contributed by atoms with E-state index >= 15 is 0 Å². The molecule has 1 atom stereocenters. The second-order valence-corrected chi connectivity index (χ2v) is 6.99. The molecule has 138 valence electrons. The predicted molar refractivity (Wildman–Crippen MR) is 96.6 cm³/mol. The lowest BCUT2D eigenvalue weighted by atomic mass is 9.76. The summed E-state index contributed by atoms with van der Waals surface area (Å²) in [5.74, 6) is -0.0504. The van der Waals surface area contributed by atoms with E-state index in [2.05, 4.69) is 15.4 Å². The van der Waals surface area contributed by atoms with Crippen molar-refractivity contribution in [3.05, 3.63) is 57.8 Å². The lowest BCUT2D eigenvalue weighted by Crippen LogP contribution is -2.49. The second kappa shape index (κ2) is 7.78. The Bertz CT molecular complexity index is 828. The molecule has 0 bridgehead atoms.